The maximum atomic E-state index is 4.40. The second-order valence-electron chi connectivity index (χ2n) is 2.71. The number of aromatic amines is 1. The summed E-state index contributed by atoms with van der Waals surface area (Å²) in [7, 11) is 0. The Bertz CT molecular complexity index is 411. The Labute approximate surface area is 92.9 Å². The fourth-order valence-electron chi connectivity index (χ4n) is 1.24. The zero-order valence-electron chi connectivity index (χ0n) is 7.24. The predicted molar refractivity (Wildman–Crippen MR) is 63.0 cm³/mol. The first-order chi connectivity index (χ1) is 5.81. The van der Waals surface area contributed by atoms with Crippen molar-refractivity contribution in [2.45, 2.75) is 18.2 Å². The van der Waals surface area contributed by atoms with Crippen LogP contribution in [0.15, 0.2) is 23.1 Å². The van der Waals surface area contributed by atoms with Crippen molar-refractivity contribution in [1.82, 2.24) is 9.97 Å². The fourth-order valence-corrected chi connectivity index (χ4v) is 1.49. The van der Waals surface area contributed by atoms with Gasteiger partial charge in [-0.2, -0.15) is 0 Å². The van der Waals surface area contributed by atoms with Gasteiger partial charge in [0.25, 0.3) is 0 Å². The summed E-state index contributed by atoms with van der Waals surface area (Å²) in [5.41, 5.74) is 2.04. The van der Waals surface area contributed by atoms with Gasteiger partial charge in [0.05, 0.1) is 5.52 Å². The second-order valence-corrected chi connectivity index (χ2v) is 3.19. The van der Waals surface area contributed by atoms with Crippen molar-refractivity contribution in [3.63, 3.8) is 0 Å². The van der Waals surface area contributed by atoms with E-state index in [4.69, 9.17) is 0 Å². The molecule has 4 heteroatoms. The Morgan fingerprint density at radius 3 is 2.85 bits per heavy atom. The fraction of sp³-hybridized carbons (Fsp3) is 0.222. The van der Waals surface area contributed by atoms with Crippen molar-refractivity contribution in [1.29, 1.82) is 0 Å². The molecule has 13 heavy (non-hydrogen) atoms. The summed E-state index contributed by atoms with van der Waals surface area (Å²) in [5.74, 6) is 1.02. The zero-order valence-corrected chi connectivity index (χ0v) is 9.85. The minimum atomic E-state index is 0. The van der Waals surface area contributed by atoms with E-state index >= 15 is 0 Å². The highest BCUT2D eigenvalue weighted by molar-refractivity contribution is 8.93. The Balaban J connectivity index is 0.000000845. The molecule has 0 amide bonds. The number of para-hydroxylation sites is 1. The Hall–Kier alpha value is -0.480. The van der Waals surface area contributed by atoms with Crippen LogP contribution in [0.5, 0.6) is 0 Å². The molecule has 2 aromatic rings. The van der Waals surface area contributed by atoms with E-state index in [1.165, 1.54) is 0 Å². The quantitative estimate of drug-likeness (QED) is 0.757. The van der Waals surface area contributed by atoms with Crippen molar-refractivity contribution < 1.29 is 0 Å². The van der Waals surface area contributed by atoms with Crippen LogP contribution in [0.1, 0.15) is 12.7 Å². The first-order valence-corrected chi connectivity index (χ1v) is 4.42. The minimum absolute atomic E-state index is 0. The van der Waals surface area contributed by atoms with Gasteiger partial charge in [0.1, 0.15) is 11.3 Å². The lowest BCUT2D eigenvalue weighted by Gasteiger charge is -1.89. The Kier molecular flexibility index (Phi) is 3.39. The first-order valence-electron chi connectivity index (χ1n) is 3.98. The molecule has 70 valence electrons. The Morgan fingerprint density at radius 2 is 2.23 bits per heavy atom. The zero-order chi connectivity index (χ0) is 8.55. The molecular formula is C9H11BrN2S. The minimum Gasteiger partial charge on any atom is -0.342 e. The molecule has 0 fully saturated rings. The summed E-state index contributed by atoms with van der Waals surface area (Å²) in [6.45, 7) is 2.08. The lowest BCUT2D eigenvalue weighted by atomic mass is 10.3. The number of hydrogen-bond acceptors (Lipinski definition) is 2. The largest absolute Gasteiger partial charge is 0.342 e. The molecule has 2 rings (SSSR count). The van der Waals surface area contributed by atoms with E-state index in [1.807, 2.05) is 18.2 Å². The average Bonchev–Trinajstić information content (AvgIpc) is 2.49. The van der Waals surface area contributed by atoms with Crippen LogP contribution in [0.25, 0.3) is 11.0 Å². The maximum absolute atomic E-state index is 4.40. The third-order valence-electron chi connectivity index (χ3n) is 1.88. The summed E-state index contributed by atoms with van der Waals surface area (Å²) in [6, 6.07) is 5.94. The maximum Gasteiger partial charge on any atom is 0.106 e. The van der Waals surface area contributed by atoms with Gasteiger partial charge in [0.2, 0.25) is 0 Å². The van der Waals surface area contributed by atoms with Crippen molar-refractivity contribution in [3.8, 4) is 0 Å². The van der Waals surface area contributed by atoms with Crippen molar-refractivity contribution in [2.24, 2.45) is 0 Å². The van der Waals surface area contributed by atoms with E-state index < -0.39 is 0 Å². The van der Waals surface area contributed by atoms with E-state index in [2.05, 4.69) is 29.5 Å². The molecule has 0 aliphatic rings. The second kappa shape index (κ2) is 4.15. The van der Waals surface area contributed by atoms with Gasteiger partial charge in [-0.05, 0) is 12.1 Å². The van der Waals surface area contributed by atoms with E-state index in [0.29, 0.717) is 0 Å². The molecule has 0 atom stereocenters. The summed E-state index contributed by atoms with van der Waals surface area (Å²) >= 11 is 4.32. The number of imidazole rings is 1. The standard InChI is InChI=1S/C9H10N2S.BrH/c1-2-8-10-6-4-3-5-7(12)9(6)11-8;/h3-5,12H,2H2,1H3,(H,10,11);1H. The monoisotopic (exact) mass is 258 g/mol. The van der Waals surface area contributed by atoms with E-state index in [0.717, 1.165) is 28.2 Å². The molecular weight excluding hydrogens is 248 g/mol. The number of halogens is 1. The topological polar surface area (TPSA) is 28.7 Å². The lowest BCUT2D eigenvalue weighted by molar-refractivity contribution is 0.999. The highest BCUT2D eigenvalue weighted by Gasteiger charge is 2.02. The highest BCUT2D eigenvalue weighted by atomic mass is 79.9. The summed E-state index contributed by atoms with van der Waals surface area (Å²) in [6.07, 6.45) is 0.932. The summed E-state index contributed by atoms with van der Waals surface area (Å²) in [4.78, 5) is 8.56. The van der Waals surface area contributed by atoms with Gasteiger partial charge in [-0.1, -0.05) is 13.0 Å². The van der Waals surface area contributed by atoms with Crippen LogP contribution in [0.3, 0.4) is 0 Å². The van der Waals surface area contributed by atoms with E-state index in [-0.39, 0.29) is 17.0 Å². The van der Waals surface area contributed by atoms with Crippen molar-refractivity contribution >= 4 is 40.6 Å². The highest BCUT2D eigenvalue weighted by Crippen LogP contribution is 2.19. The molecule has 0 saturated carbocycles. The van der Waals surface area contributed by atoms with E-state index in [1.54, 1.807) is 0 Å². The van der Waals surface area contributed by atoms with Crippen LogP contribution < -0.4 is 0 Å². The number of rotatable bonds is 1. The third kappa shape index (κ3) is 1.89. The summed E-state index contributed by atoms with van der Waals surface area (Å²) < 4.78 is 0. The number of aromatic nitrogens is 2. The van der Waals surface area contributed by atoms with Crippen molar-refractivity contribution in [2.75, 3.05) is 0 Å². The number of thiol groups is 1. The summed E-state index contributed by atoms with van der Waals surface area (Å²) in [5, 5.41) is 0. The Morgan fingerprint density at radius 1 is 1.46 bits per heavy atom. The van der Waals surface area contributed by atoms with Crippen LogP contribution >= 0.6 is 29.6 Å². The number of fused-ring (bicyclic) bond motifs is 1. The first kappa shape index (κ1) is 10.6. The molecule has 1 heterocycles. The SMILES string of the molecule is Br.CCc1nc2c(S)cccc2[nH]1. The van der Waals surface area contributed by atoms with Gasteiger partial charge in [-0.15, -0.1) is 29.6 Å². The van der Waals surface area contributed by atoms with Crippen LogP contribution in [-0.4, -0.2) is 9.97 Å². The molecule has 1 aromatic carbocycles. The molecule has 1 aromatic heterocycles. The number of aryl methyl sites for hydroxylation is 1. The predicted octanol–water partition coefficient (Wildman–Crippen LogP) is 2.99. The van der Waals surface area contributed by atoms with Gasteiger partial charge in [-0.25, -0.2) is 4.98 Å². The number of nitrogens with one attached hydrogen (secondary N) is 1. The van der Waals surface area contributed by atoms with Crippen LogP contribution in [0.2, 0.25) is 0 Å². The van der Waals surface area contributed by atoms with Gasteiger partial charge >= 0.3 is 0 Å². The lowest BCUT2D eigenvalue weighted by Crippen LogP contribution is -1.79. The molecule has 0 unspecified atom stereocenters. The number of hydrogen-bond donors (Lipinski definition) is 2. The van der Waals surface area contributed by atoms with Crippen LogP contribution in [-0.2, 0) is 6.42 Å². The van der Waals surface area contributed by atoms with E-state index in [9.17, 15) is 0 Å². The normalized spacial score (nSPS) is 10.0. The molecule has 0 radical (unpaired) electrons. The van der Waals surface area contributed by atoms with Crippen LogP contribution in [0.4, 0.5) is 0 Å². The average molecular weight is 259 g/mol. The van der Waals surface area contributed by atoms with Crippen molar-refractivity contribution in [3.05, 3.63) is 24.0 Å². The molecule has 0 saturated heterocycles. The molecule has 1 N–H and O–H groups in total. The van der Waals surface area contributed by atoms with Gasteiger partial charge in [0.15, 0.2) is 0 Å². The van der Waals surface area contributed by atoms with Gasteiger partial charge in [-0.3, -0.25) is 0 Å². The van der Waals surface area contributed by atoms with Crippen LogP contribution in [0, 0.1) is 0 Å². The molecule has 2 nitrogen and oxygen atoms in total. The number of nitrogens with zero attached hydrogens (tertiary/aromatic N) is 1. The molecule has 0 aliphatic heterocycles. The smallest absolute Gasteiger partial charge is 0.106 e. The number of benzene rings is 1. The van der Waals surface area contributed by atoms with Gasteiger partial charge < -0.3 is 4.98 Å². The molecule has 0 bridgehead atoms. The third-order valence-corrected chi connectivity index (χ3v) is 2.24. The van der Waals surface area contributed by atoms with Gasteiger partial charge in [0, 0.05) is 11.3 Å². The molecule has 0 aliphatic carbocycles. The molecule has 0 spiro atoms. The number of H-pyrrole nitrogens is 1.